The van der Waals surface area contributed by atoms with Gasteiger partial charge >= 0.3 is 22.8 Å². The van der Waals surface area contributed by atoms with Gasteiger partial charge in [0.2, 0.25) is 0 Å². The molecule has 9 nitrogen and oxygen atoms in total. The highest BCUT2D eigenvalue weighted by atomic mass is 32.1. The lowest BCUT2D eigenvalue weighted by atomic mass is 10.1. The van der Waals surface area contributed by atoms with E-state index in [1.54, 1.807) is 0 Å². The standard InChI is InChI=1S/C10H13N3O6S/c14-7(15)2-1-6(8(16)17)13-9(18)11-3-5-4-20-10(19)12-5/h4,6H,1-3H2,(H,12,19)(H,14,15)(H,16,17)(H2,11,13,18). The molecule has 1 unspecified atom stereocenters. The number of carbonyl (C=O) groups is 3. The molecule has 0 bridgehead atoms. The minimum Gasteiger partial charge on any atom is -0.481 e. The van der Waals surface area contributed by atoms with Crippen LogP contribution in [0.5, 0.6) is 0 Å². The minimum atomic E-state index is -1.31. The van der Waals surface area contributed by atoms with E-state index in [9.17, 15) is 19.2 Å². The van der Waals surface area contributed by atoms with Gasteiger partial charge in [-0.25, -0.2) is 9.59 Å². The first kappa shape index (κ1) is 15.7. The van der Waals surface area contributed by atoms with Crippen LogP contribution < -0.4 is 15.5 Å². The molecule has 0 aliphatic rings. The number of H-pyrrole nitrogens is 1. The van der Waals surface area contributed by atoms with Crippen LogP contribution in [0, 0.1) is 0 Å². The summed E-state index contributed by atoms with van der Waals surface area (Å²) < 4.78 is 0. The molecular weight excluding hydrogens is 290 g/mol. The molecule has 0 saturated heterocycles. The highest BCUT2D eigenvalue weighted by Gasteiger charge is 2.20. The molecule has 0 spiro atoms. The second-order valence-electron chi connectivity index (χ2n) is 3.82. The van der Waals surface area contributed by atoms with E-state index in [4.69, 9.17) is 10.2 Å². The Labute approximate surface area is 116 Å². The van der Waals surface area contributed by atoms with Gasteiger partial charge in [-0.2, -0.15) is 0 Å². The van der Waals surface area contributed by atoms with Gasteiger partial charge in [-0.3, -0.25) is 9.59 Å². The van der Waals surface area contributed by atoms with Crippen LogP contribution in [-0.4, -0.2) is 39.2 Å². The second-order valence-corrected chi connectivity index (χ2v) is 4.67. The van der Waals surface area contributed by atoms with Crippen molar-refractivity contribution in [1.82, 2.24) is 15.6 Å². The van der Waals surface area contributed by atoms with Crippen molar-refractivity contribution in [2.24, 2.45) is 0 Å². The molecule has 0 aliphatic carbocycles. The molecule has 0 radical (unpaired) electrons. The average molecular weight is 303 g/mol. The third kappa shape index (κ3) is 5.52. The number of aliphatic carboxylic acids is 2. The van der Waals surface area contributed by atoms with Gasteiger partial charge in [0.15, 0.2) is 0 Å². The molecule has 0 aromatic carbocycles. The van der Waals surface area contributed by atoms with Crippen molar-refractivity contribution in [1.29, 1.82) is 0 Å². The first-order valence-electron chi connectivity index (χ1n) is 5.54. The number of hydrogen-bond donors (Lipinski definition) is 5. The summed E-state index contributed by atoms with van der Waals surface area (Å²) in [4.78, 5) is 45.7. The Morgan fingerprint density at radius 3 is 2.55 bits per heavy atom. The SMILES string of the molecule is O=C(O)CCC(NC(=O)NCc1csc(=O)[nH]1)C(=O)O. The molecule has 5 N–H and O–H groups in total. The molecule has 10 heteroatoms. The summed E-state index contributed by atoms with van der Waals surface area (Å²) in [5.41, 5.74) is 0.493. The number of amides is 2. The van der Waals surface area contributed by atoms with Gasteiger partial charge in [0, 0.05) is 17.5 Å². The zero-order valence-corrected chi connectivity index (χ0v) is 11.0. The van der Waals surface area contributed by atoms with Gasteiger partial charge in [-0.05, 0) is 6.42 Å². The van der Waals surface area contributed by atoms with E-state index in [1.807, 2.05) is 0 Å². The van der Waals surface area contributed by atoms with Crippen LogP contribution in [0.1, 0.15) is 18.5 Å². The molecule has 1 aromatic rings. The molecule has 1 aromatic heterocycles. The maximum atomic E-state index is 11.5. The Kier molecular flexibility index (Phi) is 5.72. The maximum Gasteiger partial charge on any atom is 0.326 e. The third-order valence-corrected chi connectivity index (χ3v) is 2.98. The van der Waals surface area contributed by atoms with E-state index in [0.717, 1.165) is 11.3 Å². The summed E-state index contributed by atoms with van der Waals surface area (Å²) in [6.45, 7) is 0.0375. The number of thiazole rings is 1. The lowest BCUT2D eigenvalue weighted by molar-refractivity contribution is -0.140. The Morgan fingerprint density at radius 1 is 1.35 bits per heavy atom. The monoisotopic (exact) mass is 303 g/mol. The van der Waals surface area contributed by atoms with Gasteiger partial charge < -0.3 is 25.8 Å². The fourth-order valence-electron chi connectivity index (χ4n) is 1.31. The molecule has 0 fully saturated rings. The third-order valence-electron chi connectivity index (χ3n) is 2.26. The fraction of sp³-hybridized carbons (Fsp3) is 0.400. The van der Waals surface area contributed by atoms with Crippen molar-refractivity contribution < 1.29 is 24.6 Å². The summed E-state index contributed by atoms with van der Waals surface area (Å²) >= 11 is 0.944. The van der Waals surface area contributed by atoms with Crippen LogP contribution in [-0.2, 0) is 16.1 Å². The largest absolute Gasteiger partial charge is 0.481 e. The van der Waals surface area contributed by atoms with E-state index in [-0.39, 0.29) is 24.3 Å². The molecule has 0 aliphatic heterocycles. The predicted octanol–water partition coefficient (Wildman–Crippen LogP) is -0.446. The van der Waals surface area contributed by atoms with Crippen molar-refractivity contribution in [2.45, 2.75) is 25.4 Å². The highest BCUT2D eigenvalue weighted by molar-refractivity contribution is 7.07. The highest BCUT2D eigenvalue weighted by Crippen LogP contribution is 1.99. The minimum absolute atomic E-state index is 0.0375. The van der Waals surface area contributed by atoms with E-state index >= 15 is 0 Å². The van der Waals surface area contributed by atoms with E-state index in [0.29, 0.717) is 5.69 Å². The number of carboxylic acid groups (broad SMARTS) is 2. The first-order valence-corrected chi connectivity index (χ1v) is 6.42. The molecule has 110 valence electrons. The van der Waals surface area contributed by atoms with Crippen molar-refractivity contribution >= 4 is 29.3 Å². The van der Waals surface area contributed by atoms with Crippen molar-refractivity contribution in [2.75, 3.05) is 0 Å². The van der Waals surface area contributed by atoms with Gasteiger partial charge in [0.05, 0.1) is 6.54 Å². The Balaban J connectivity index is 2.43. The van der Waals surface area contributed by atoms with Crippen molar-refractivity contribution in [3.8, 4) is 0 Å². The topological polar surface area (TPSA) is 149 Å². The zero-order chi connectivity index (χ0) is 15.1. The van der Waals surface area contributed by atoms with E-state index in [1.165, 1.54) is 5.38 Å². The summed E-state index contributed by atoms with van der Waals surface area (Å²) in [7, 11) is 0. The molecular formula is C10H13N3O6S. The van der Waals surface area contributed by atoms with Gasteiger partial charge in [0.1, 0.15) is 6.04 Å². The number of aromatic nitrogens is 1. The zero-order valence-electron chi connectivity index (χ0n) is 10.2. The van der Waals surface area contributed by atoms with Crippen molar-refractivity contribution in [3.05, 3.63) is 20.7 Å². The van der Waals surface area contributed by atoms with E-state index < -0.39 is 24.0 Å². The number of nitrogens with one attached hydrogen (secondary N) is 3. The quantitative estimate of drug-likeness (QED) is 0.461. The smallest absolute Gasteiger partial charge is 0.326 e. The predicted molar refractivity (Wildman–Crippen MR) is 68.6 cm³/mol. The molecule has 20 heavy (non-hydrogen) atoms. The van der Waals surface area contributed by atoms with Crippen LogP contribution in [0.15, 0.2) is 10.2 Å². The Bertz CT molecular complexity index is 551. The summed E-state index contributed by atoms with van der Waals surface area (Å²) in [5, 5.41) is 23.4. The lowest BCUT2D eigenvalue weighted by Crippen LogP contribution is -2.46. The van der Waals surface area contributed by atoms with Crippen LogP contribution in [0.3, 0.4) is 0 Å². The Hall–Kier alpha value is -2.36. The number of carbonyl (C=O) groups excluding carboxylic acids is 1. The molecule has 1 rings (SSSR count). The van der Waals surface area contributed by atoms with E-state index in [2.05, 4.69) is 15.6 Å². The molecule has 1 atom stereocenters. The molecule has 2 amide bonds. The van der Waals surface area contributed by atoms with Crippen LogP contribution in [0.2, 0.25) is 0 Å². The number of rotatable bonds is 7. The number of urea groups is 1. The van der Waals surface area contributed by atoms with Gasteiger partial charge in [-0.1, -0.05) is 11.3 Å². The number of hydrogen-bond acceptors (Lipinski definition) is 5. The summed E-state index contributed by atoms with van der Waals surface area (Å²) in [5.74, 6) is -2.46. The number of carboxylic acids is 2. The first-order chi connectivity index (χ1) is 9.38. The molecule has 0 saturated carbocycles. The van der Waals surface area contributed by atoms with Crippen LogP contribution >= 0.6 is 11.3 Å². The summed E-state index contributed by atoms with van der Waals surface area (Å²) in [6.07, 6.45) is -0.581. The van der Waals surface area contributed by atoms with Crippen LogP contribution in [0.25, 0.3) is 0 Å². The van der Waals surface area contributed by atoms with Gasteiger partial charge in [0.25, 0.3) is 0 Å². The lowest BCUT2D eigenvalue weighted by Gasteiger charge is -2.13. The fourth-order valence-corrected chi connectivity index (χ4v) is 1.89. The second kappa shape index (κ2) is 7.28. The normalized spacial score (nSPS) is 11.6. The van der Waals surface area contributed by atoms with Crippen molar-refractivity contribution in [3.63, 3.8) is 0 Å². The van der Waals surface area contributed by atoms with Crippen LogP contribution in [0.4, 0.5) is 4.79 Å². The summed E-state index contributed by atoms with van der Waals surface area (Å²) in [6, 6.07) is -2.04. The average Bonchev–Trinajstić information content (AvgIpc) is 2.77. The Morgan fingerprint density at radius 2 is 2.05 bits per heavy atom. The molecule has 1 heterocycles. The van der Waals surface area contributed by atoms with Gasteiger partial charge in [-0.15, -0.1) is 0 Å². The number of aromatic amines is 1. The maximum absolute atomic E-state index is 11.5.